The fourth-order valence-corrected chi connectivity index (χ4v) is 4.66. The molecule has 1 aliphatic heterocycles. The lowest BCUT2D eigenvalue weighted by atomic mass is 9.97. The molecule has 1 saturated heterocycles. The zero-order chi connectivity index (χ0) is 18.2. The van der Waals surface area contributed by atoms with Crippen LogP contribution in [0.5, 0.6) is 0 Å². The van der Waals surface area contributed by atoms with Crippen molar-refractivity contribution in [1.82, 2.24) is 9.38 Å². The van der Waals surface area contributed by atoms with Crippen molar-refractivity contribution < 1.29 is 4.39 Å². The molecule has 3 heterocycles. The second kappa shape index (κ2) is 5.19. The van der Waals surface area contributed by atoms with Crippen LogP contribution in [0.2, 0.25) is 0 Å². The van der Waals surface area contributed by atoms with Crippen molar-refractivity contribution in [3.63, 3.8) is 0 Å². The number of hydrogen-bond acceptors (Lipinski definition) is 4. The molecule has 1 atom stereocenters. The van der Waals surface area contributed by atoms with Gasteiger partial charge in [0.1, 0.15) is 0 Å². The molecule has 0 spiro atoms. The molecular weight excluding hydrogens is 335 g/mol. The van der Waals surface area contributed by atoms with Gasteiger partial charge in [-0.3, -0.25) is 14.2 Å². The molecule has 0 radical (unpaired) electrons. The predicted molar refractivity (Wildman–Crippen MR) is 97.4 cm³/mol. The molecule has 3 N–H and O–H groups in total. The maximum absolute atomic E-state index is 15.0. The zero-order valence-electron chi connectivity index (χ0n) is 14.8. The molecule has 2 aromatic heterocycles. The van der Waals surface area contributed by atoms with Crippen molar-refractivity contribution in [2.75, 3.05) is 18.0 Å². The predicted octanol–water partition coefficient (Wildman–Crippen LogP) is 1.63. The molecule has 0 aromatic carbocycles. The van der Waals surface area contributed by atoms with Crippen molar-refractivity contribution in [3.05, 3.63) is 44.0 Å². The normalized spacial score (nSPS) is 24.4. The zero-order valence-corrected chi connectivity index (χ0v) is 14.8. The summed E-state index contributed by atoms with van der Waals surface area (Å²) in [5, 5.41) is 0. The lowest BCUT2D eigenvalue weighted by Gasteiger charge is -2.25. The summed E-state index contributed by atoms with van der Waals surface area (Å²) in [5.41, 5.74) is 7.76. The minimum absolute atomic E-state index is 0.0801. The second-order valence-corrected chi connectivity index (χ2v) is 8.28. The summed E-state index contributed by atoms with van der Waals surface area (Å²) >= 11 is 0. The first kappa shape index (κ1) is 16.1. The molecule has 5 rings (SSSR count). The molecule has 2 saturated carbocycles. The highest BCUT2D eigenvalue weighted by Gasteiger charge is 2.48. The van der Waals surface area contributed by atoms with E-state index in [0.29, 0.717) is 28.2 Å². The Kier molecular flexibility index (Phi) is 3.20. The van der Waals surface area contributed by atoms with E-state index >= 15 is 0 Å². The van der Waals surface area contributed by atoms with Gasteiger partial charge in [0.2, 0.25) is 0 Å². The maximum Gasteiger partial charge on any atom is 0.333 e. The van der Waals surface area contributed by atoms with Crippen LogP contribution in [-0.4, -0.2) is 28.0 Å². The fourth-order valence-electron chi connectivity index (χ4n) is 4.66. The van der Waals surface area contributed by atoms with Crippen LogP contribution in [0.4, 0.5) is 10.1 Å². The van der Waals surface area contributed by atoms with Crippen LogP contribution in [0.25, 0.3) is 5.52 Å². The molecule has 0 bridgehead atoms. The van der Waals surface area contributed by atoms with Gasteiger partial charge in [-0.2, -0.15) is 0 Å². The Morgan fingerprint density at radius 3 is 2.65 bits per heavy atom. The molecule has 3 aliphatic rings. The highest BCUT2D eigenvalue weighted by molar-refractivity contribution is 5.72. The Morgan fingerprint density at radius 1 is 1.27 bits per heavy atom. The number of nitrogens with zero attached hydrogens (tertiary/aromatic N) is 2. The van der Waals surface area contributed by atoms with Gasteiger partial charge in [-0.05, 0) is 50.9 Å². The van der Waals surface area contributed by atoms with Crippen LogP contribution in [0.15, 0.2) is 15.8 Å². The van der Waals surface area contributed by atoms with Gasteiger partial charge in [-0.25, -0.2) is 9.18 Å². The molecule has 3 fully saturated rings. The summed E-state index contributed by atoms with van der Waals surface area (Å²) in [4.78, 5) is 29.0. The minimum atomic E-state index is -0.582. The summed E-state index contributed by atoms with van der Waals surface area (Å²) in [7, 11) is 0. The minimum Gasteiger partial charge on any atom is -0.368 e. The highest BCUT2D eigenvalue weighted by atomic mass is 19.1. The van der Waals surface area contributed by atoms with Crippen LogP contribution < -0.4 is 21.9 Å². The quantitative estimate of drug-likeness (QED) is 0.874. The van der Waals surface area contributed by atoms with E-state index in [2.05, 4.69) is 4.98 Å². The average Bonchev–Trinajstić information content (AvgIpc) is 3.50. The Bertz CT molecular complexity index is 1030. The van der Waals surface area contributed by atoms with Crippen LogP contribution in [0.3, 0.4) is 0 Å². The summed E-state index contributed by atoms with van der Waals surface area (Å²) in [5.74, 6) is 0.117. The molecule has 2 aromatic rings. The Labute approximate surface area is 149 Å². The third-order valence-electron chi connectivity index (χ3n) is 6.49. The summed E-state index contributed by atoms with van der Waals surface area (Å²) in [6.45, 7) is 3.31. The number of halogens is 1. The molecule has 2 aliphatic carbocycles. The molecule has 7 heteroatoms. The Balaban J connectivity index is 1.68. The summed E-state index contributed by atoms with van der Waals surface area (Å²) in [6.07, 6.45) is 6.14. The van der Waals surface area contributed by atoms with E-state index in [1.165, 1.54) is 10.6 Å². The number of aryl methyl sites for hydroxylation is 1. The lowest BCUT2D eigenvalue weighted by Crippen LogP contribution is -2.35. The number of fused-ring (bicyclic) bond motifs is 1. The summed E-state index contributed by atoms with van der Waals surface area (Å²) in [6, 6.07) is 0. The third kappa shape index (κ3) is 2.26. The van der Waals surface area contributed by atoms with Gasteiger partial charge in [-0.1, -0.05) is 0 Å². The van der Waals surface area contributed by atoms with Crippen LogP contribution in [0, 0.1) is 18.7 Å². The molecule has 0 amide bonds. The lowest BCUT2D eigenvalue weighted by molar-refractivity contribution is 0.442. The highest BCUT2D eigenvalue weighted by Crippen LogP contribution is 2.46. The van der Waals surface area contributed by atoms with Crippen molar-refractivity contribution in [1.29, 1.82) is 0 Å². The van der Waals surface area contributed by atoms with Crippen LogP contribution in [-0.2, 0) is 0 Å². The SMILES string of the molecule is Cc1c(N2CCC(C3(N)CC3)C2)c(F)cn2c(=O)[nH]c(=O)c(C3CC3)c12. The number of hydrogen-bond donors (Lipinski definition) is 2. The smallest absolute Gasteiger partial charge is 0.333 e. The molecule has 1 unspecified atom stereocenters. The fraction of sp³-hybridized carbons (Fsp3) is 0.579. The monoisotopic (exact) mass is 358 g/mol. The topological polar surface area (TPSA) is 83.6 Å². The van der Waals surface area contributed by atoms with Crippen LogP contribution >= 0.6 is 0 Å². The van der Waals surface area contributed by atoms with Gasteiger partial charge in [-0.15, -0.1) is 0 Å². The largest absolute Gasteiger partial charge is 0.368 e. The molecule has 26 heavy (non-hydrogen) atoms. The Hall–Kier alpha value is -2.15. The first-order chi connectivity index (χ1) is 12.4. The number of aromatic nitrogens is 2. The van der Waals surface area contributed by atoms with E-state index < -0.39 is 11.5 Å². The number of nitrogens with one attached hydrogen (secondary N) is 1. The van der Waals surface area contributed by atoms with Gasteiger partial charge in [0.05, 0.1) is 17.4 Å². The first-order valence-electron chi connectivity index (χ1n) is 9.40. The van der Waals surface area contributed by atoms with Gasteiger partial charge in [0, 0.05) is 29.8 Å². The first-order valence-corrected chi connectivity index (χ1v) is 9.40. The Morgan fingerprint density at radius 2 is 2.00 bits per heavy atom. The van der Waals surface area contributed by atoms with E-state index in [1.807, 2.05) is 11.8 Å². The van der Waals surface area contributed by atoms with Crippen LogP contribution in [0.1, 0.15) is 49.1 Å². The van der Waals surface area contributed by atoms with Crippen molar-refractivity contribution in [2.24, 2.45) is 11.7 Å². The van der Waals surface area contributed by atoms with Crippen molar-refractivity contribution in [2.45, 2.75) is 50.5 Å². The molecule has 138 valence electrons. The van der Waals surface area contributed by atoms with E-state index in [1.54, 1.807) is 0 Å². The number of H-pyrrole nitrogens is 1. The van der Waals surface area contributed by atoms with Gasteiger partial charge in [0.25, 0.3) is 5.56 Å². The van der Waals surface area contributed by atoms with Gasteiger partial charge < -0.3 is 10.6 Å². The van der Waals surface area contributed by atoms with E-state index in [-0.39, 0.29) is 17.0 Å². The number of nitrogens with two attached hydrogens (primary N) is 1. The van der Waals surface area contributed by atoms with E-state index in [4.69, 9.17) is 5.73 Å². The number of rotatable bonds is 3. The van der Waals surface area contributed by atoms with Gasteiger partial charge >= 0.3 is 5.69 Å². The number of anilines is 1. The van der Waals surface area contributed by atoms with E-state index in [9.17, 15) is 14.0 Å². The average molecular weight is 358 g/mol. The third-order valence-corrected chi connectivity index (χ3v) is 6.49. The summed E-state index contributed by atoms with van der Waals surface area (Å²) < 4.78 is 16.2. The van der Waals surface area contributed by atoms with Gasteiger partial charge in [0.15, 0.2) is 5.82 Å². The van der Waals surface area contributed by atoms with E-state index in [0.717, 1.165) is 45.2 Å². The number of pyridine rings is 1. The number of aromatic amines is 1. The standard InChI is InChI=1S/C19H23FN4O2/c1-10-15(23-7-4-12(8-23)19(21)5-6-19)13(20)9-24-16(10)14(11-2-3-11)17(25)22-18(24)26/h9,11-12H,2-8,21H2,1H3,(H,22,25,26). The molecular formula is C19H23FN4O2. The van der Waals surface area contributed by atoms with Crippen molar-refractivity contribution in [3.8, 4) is 0 Å². The maximum atomic E-state index is 15.0. The second-order valence-electron chi connectivity index (χ2n) is 8.28. The van der Waals surface area contributed by atoms with Crippen molar-refractivity contribution >= 4 is 11.2 Å². The molecule has 6 nitrogen and oxygen atoms in total.